The van der Waals surface area contributed by atoms with Crippen LogP contribution in [0.15, 0.2) is 18.2 Å². The first kappa shape index (κ1) is 17.0. The third kappa shape index (κ3) is 5.14. The van der Waals surface area contributed by atoms with E-state index in [0.29, 0.717) is 5.75 Å². The Hall–Kier alpha value is -1.06. The standard InChI is InChI=1S/C17H30N2O/c1-5-18(6-2)12-9-13-19(7-3)14-16-11-8-10-15(4)17(16)20/h8,10-11,20H,5-7,9,12-14H2,1-4H3. The molecule has 3 heteroatoms. The minimum atomic E-state index is 0.453. The summed E-state index contributed by atoms with van der Waals surface area (Å²) >= 11 is 0. The lowest BCUT2D eigenvalue weighted by atomic mass is 10.1. The largest absolute Gasteiger partial charge is 0.507 e. The van der Waals surface area contributed by atoms with Gasteiger partial charge in [0.1, 0.15) is 5.75 Å². The van der Waals surface area contributed by atoms with Crippen molar-refractivity contribution in [2.24, 2.45) is 0 Å². The lowest BCUT2D eigenvalue weighted by molar-refractivity contribution is 0.236. The molecule has 0 fully saturated rings. The molecule has 0 aliphatic heterocycles. The highest BCUT2D eigenvalue weighted by Crippen LogP contribution is 2.22. The lowest BCUT2D eigenvalue weighted by Crippen LogP contribution is -2.29. The van der Waals surface area contributed by atoms with Crippen molar-refractivity contribution in [2.75, 3.05) is 32.7 Å². The zero-order chi connectivity index (χ0) is 15.0. The second-order valence-electron chi connectivity index (χ2n) is 5.33. The molecule has 1 aromatic carbocycles. The maximum absolute atomic E-state index is 10.1. The third-order valence-electron chi connectivity index (χ3n) is 4.01. The summed E-state index contributed by atoms with van der Waals surface area (Å²) in [6, 6.07) is 6.00. The summed E-state index contributed by atoms with van der Waals surface area (Å²) in [5, 5.41) is 10.1. The first-order chi connectivity index (χ1) is 9.62. The SMILES string of the molecule is CCN(CC)CCCN(CC)Cc1cccc(C)c1O. The molecule has 0 saturated heterocycles. The van der Waals surface area contributed by atoms with Crippen LogP contribution in [0.5, 0.6) is 5.75 Å². The fraction of sp³-hybridized carbons (Fsp3) is 0.647. The van der Waals surface area contributed by atoms with Crippen molar-refractivity contribution in [1.29, 1.82) is 0 Å². The molecule has 20 heavy (non-hydrogen) atoms. The molecule has 0 bridgehead atoms. The van der Waals surface area contributed by atoms with Crippen LogP contribution in [0.1, 0.15) is 38.3 Å². The van der Waals surface area contributed by atoms with E-state index < -0.39 is 0 Å². The Labute approximate surface area is 124 Å². The first-order valence-corrected chi connectivity index (χ1v) is 7.84. The number of hydrogen-bond acceptors (Lipinski definition) is 3. The third-order valence-corrected chi connectivity index (χ3v) is 4.01. The van der Waals surface area contributed by atoms with E-state index in [0.717, 1.165) is 50.4 Å². The smallest absolute Gasteiger partial charge is 0.122 e. The molecule has 0 radical (unpaired) electrons. The second-order valence-corrected chi connectivity index (χ2v) is 5.33. The molecule has 1 rings (SSSR count). The highest BCUT2D eigenvalue weighted by atomic mass is 16.3. The van der Waals surface area contributed by atoms with E-state index in [2.05, 4.69) is 30.6 Å². The van der Waals surface area contributed by atoms with Gasteiger partial charge in [-0.3, -0.25) is 4.90 Å². The maximum Gasteiger partial charge on any atom is 0.122 e. The van der Waals surface area contributed by atoms with Crippen LogP contribution in [0.3, 0.4) is 0 Å². The predicted molar refractivity (Wildman–Crippen MR) is 86.2 cm³/mol. The van der Waals surface area contributed by atoms with Crippen molar-refractivity contribution in [1.82, 2.24) is 9.80 Å². The van der Waals surface area contributed by atoms with Crippen LogP contribution in [0, 0.1) is 6.92 Å². The Morgan fingerprint density at radius 1 is 0.950 bits per heavy atom. The van der Waals surface area contributed by atoms with Crippen molar-refractivity contribution in [3.8, 4) is 5.75 Å². The van der Waals surface area contributed by atoms with Crippen LogP contribution in [-0.2, 0) is 6.54 Å². The summed E-state index contributed by atoms with van der Waals surface area (Å²) in [6.07, 6.45) is 1.18. The molecule has 0 aliphatic carbocycles. The molecule has 0 spiro atoms. The van der Waals surface area contributed by atoms with E-state index in [4.69, 9.17) is 0 Å². The molecular weight excluding hydrogens is 248 g/mol. The van der Waals surface area contributed by atoms with Crippen molar-refractivity contribution in [2.45, 2.75) is 40.7 Å². The van der Waals surface area contributed by atoms with E-state index in [1.807, 2.05) is 25.1 Å². The van der Waals surface area contributed by atoms with Gasteiger partial charge in [-0.1, -0.05) is 39.0 Å². The summed E-state index contributed by atoms with van der Waals surface area (Å²) in [5.74, 6) is 0.453. The Kier molecular flexibility index (Phi) is 7.63. The minimum Gasteiger partial charge on any atom is -0.507 e. The van der Waals surface area contributed by atoms with Crippen LogP contribution >= 0.6 is 0 Å². The topological polar surface area (TPSA) is 26.7 Å². The Balaban J connectivity index is 2.49. The fourth-order valence-electron chi connectivity index (χ4n) is 2.49. The zero-order valence-electron chi connectivity index (χ0n) is 13.5. The van der Waals surface area contributed by atoms with Gasteiger partial charge in [-0.05, 0) is 51.6 Å². The normalized spacial score (nSPS) is 11.5. The van der Waals surface area contributed by atoms with Gasteiger partial charge < -0.3 is 10.0 Å². The second kappa shape index (κ2) is 8.98. The first-order valence-electron chi connectivity index (χ1n) is 7.84. The summed E-state index contributed by atoms with van der Waals surface area (Å²) in [4.78, 5) is 4.86. The number of aromatic hydroxyl groups is 1. The maximum atomic E-state index is 10.1. The van der Waals surface area contributed by atoms with E-state index >= 15 is 0 Å². The molecule has 114 valence electrons. The number of phenolic OH excluding ortho intramolecular Hbond substituents is 1. The van der Waals surface area contributed by atoms with Gasteiger partial charge in [0, 0.05) is 12.1 Å². The van der Waals surface area contributed by atoms with Gasteiger partial charge in [0.15, 0.2) is 0 Å². The van der Waals surface area contributed by atoms with Gasteiger partial charge in [-0.25, -0.2) is 0 Å². The van der Waals surface area contributed by atoms with Crippen LogP contribution in [0.2, 0.25) is 0 Å². The number of nitrogens with zero attached hydrogens (tertiary/aromatic N) is 2. The molecule has 0 heterocycles. The van der Waals surface area contributed by atoms with Gasteiger partial charge in [-0.2, -0.15) is 0 Å². The molecule has 0 unspecified atom stereocenters. The van der Waals surface area contributed by atoms with Gasteiger partial charge in [0.05, 0.1) is 0 Å². The molecule has 0 aliphatic rings. The average Bonchev–Trinajstić information content (AvgIpc) is 2.46. The lowest BCUT2D eigenvalue weighted by Gasteiger charge is -2.24. The average molecular weight is 278 g/mol. The minimum absolute atomic E-state index is 0.453. The van der Waals surface area contributed by atoms with Crippen molar-refractivity contribution in [3.63, 3.8) is 0 Å². The molecule has 0 saturated carbocycles. The van der Waals surface area contributed by atoms with Crippen LogP contribution in [0.25, 0.3) is 0 Å². The molecular formula is C17H30N2O. The van der Waals surface area contributed by atoms with E-state index in [-0.39, 0.29) is 0 Å². The molecule has 0 atom stereocenters. The number of phenols is 1. The van der Waals surface area contributed by atoms with Gasteiger partial charge in [-0.15, -0.1) is 0 Å². The van der Waals surface area contributed by atoms with Gasteiger partial charge >= 0.3 is 0 Å². The Morgan fingerprint density at radius 2 is 1.55 bits per heavy atom. The van der Waals surface area contributed by atoms with Gasteiger partial charge in [0.2, 0.25) is 0 Å². The number of aryl methyl sites for hydroxylation is 1. The van der Waals surface area contributed by atoms with E-state index in [1.165, 1.54) is 6.42 Å². The number of rotatable bonds is 9. The van der Waals surface area contributed by atoms with Crippen molar-refractivity contribution >= 4 is 0 Å². The van der Waals surface area contributed by atoms with Crippen LogP contribution in [-0.4, -0.2) is 47.6 Å². The molecule has 3 nitrogen and oxygen atoms in total. The molecule has 1 N–H and O–H groups in total. The highest BCUT2D eigenvalue weighted by Gasteiger charge is 2.09. The molecule has 0 aromatic heterocycles. The molecule has 0 amide bonds. The number of benzene rings is 1. The highest BCUT2D eigenvalue weighted by molar-refractivity contribution is 5.39. The monoisotopic (exact) mass is 278 g/mol. The summed E-state index contributed by atoms with van der Waals surface area (Å²) in [5.41, 5.74) is 2.00. The Morgan fingerprint density at radius 3 is 2.15 bits per heavy atom. The zero-order valence-corrected chi connectivity index (χ0v) is 13.5. The van der Waals surface area contributed by atoms with Crippen molar-refractivity contribution < 1.29 is 5.11 Å². The quantitative estimate of drug-likeness (QED) is 0.751. The number of hydrogen-bond donors (Lipinski definition) is 1. The summed E-state index contributed by atoms with van der Waals surface area (Å²) < 4.78 is 0. The van der Waals surface area contributed by atoms with E-state index in [9.17, 15) is 5.11 Å². The van der Waals surface area contributed by atoms with Gasteiger partial charge in [0.25, 0.3) is 0 Å². The predicted octanol–water partition coefficient (Wildman–Crippen LogP) is 3.25. The number of para-hydroxylation sites is 1. The fourth-order valence-corrected chi connectivity index (χ4v) is 2.49. The van der Waals surface area contributed by atoms with Crippen LogP contribution in [0.4, 0.5) is 0 Å². The van der Waals surface area contributed by atoms with Crippen molar-refractivity contribution in [3.05, 3.63) is 29.3 Å². The Bertz CT molecular complexity index is 389. The van der Waals surface area contributed by atoms with Crippen LogP contribution < -0.4 is 0 Å². The summed E-state index contributed by atoms with van der Waals surface area (Å²) in [6.45, 7) is 14.9. The molecule has 1 aromatic rings. The van der Waals surface area contributed by atoms with E-state index in [1.54, 1.807) is 0 Å². The summed E-state index contributed by atoms with van der Waals surface area (Å²) in [7, 11) is 0.